The van der Waals surface area contributed by atoms with Gasteiger partial charge in [-0.25, -0.2) is 4.79 Å². The molecule has 0 aromatic heterocycles. The predicted octanol–water partition coefficient (Wildman–Crippen LogP) is 1.38. The van der Waals surface area contributed by atoms with Crippen molar-refractivity contribution >= 4 is 15.7 Å². The molecular weight excluding hydrogens is 184 g/mol. The van der Waals surface area contributed by atoms with Crippen molar-refractivity contribution in [3.8, 4) is 0 Å². The highest BCUT2D eigenvalue weighted by atomic mass is 28.2. The first-order valence-electron chi connectivity index (χ1n) is 4.30. The molecule has 0 heterocycles. The quantitative estimate of drug-likeness (QED) is 0.299. The van der Waals surface area contributed by atoms with Crippen molar-refractivity contribution in [2.24, 2.45) is 0 Å². The smallest absolute Gasteiger partial charge is 0.332 e. The van der Waals surface area contributed by atoms with E-state index in [1.165, 1.54) is 0 Å². The van der Waals surface area contributed by atoms with Gasteiger partial charge in [0, 0.05) is 6.08 Å². The second-order valence-electron chi connectivity index (χ2n) is 4.08. The van der Waals surface area contributed by atoms with E-state index >= 15 is 0 Å². The Balaban J connectivity index is 3.69. The number of carbonyl (C=O) groups excluding carboxylic acids is 1. The minimum atomic E-state index is -0.660. The van der Waals surface area contributed by atoms with E-state index in [2.05, 4.69) is 27.4 Å². The van der Waals surface area contributed by atoms with Gasteiger partial charge in [0.25, 0.3) is 0 Å². The van der Waals surface area contributed by atoms with Crippen LogP contribution in [0.3, 0.4) is 0 Å². The molecule has 1 unspecified atom stereocenters. The van der Waals surface area contributed by atoms with Crippen LogP contribution < -0.4 is 0 Å². The van der Waals surface area contributed by atoms with E-state index in [-0.39, 0.29) is 5.04 Å². The lowest BCUT2D eigenvalue weighted by atomic mass is 10.3. The maximum Gasteiger partial charge on any atom is 0.332 e. The van der Waals surface area contributed by atoms with Gasteiger partial charge in [-0.1, -0.05) is 27.4 Å². The minimum Gasteiger partial charge on any atom is -0.434 e. The number of esters is 1. The van der Waals surface area contributed by atoms with E-state index in [0.717, 1.165) is 6.08 Å². The fourth-order valence-electron chi connectivity index (χ4n) is 0.613. The van der Waals surface area contributed by atoms with Gasteiger partial charge in [-0.15, -0.1) is 0 Å². The zero-order valence-electron chi connectivity index (χ0n) is 8.79. The lowest BCUT2D eigenvalue weighted by Crippen LogP contribution is -2.23. The van der Waals surface area contributed by atoms with Gasteiger partial charge in [0.05, 0.1) is 0 Å². The summed E-state index contributed by atoms with van der Waals surface area (Å²) in [4.78, 5) is 10.7. The molecule has 0 radical (unpaired) electrons. The normalized spacial score (nSPS) is 14.5. The van der Waals surface area contributed by atoms with Crippen molar-refractivity contribution in [2.45, 2.75) is 39.0 Å². The fraction of sp³-hybridized carbons (Fsp3) is 0.667. The van der Waals surface area contributed by atoms with E-state index in [1.54, 1.807) is 6.92 Å². The molecule has 0 fully saturated rings. The largest absolute Gasteiger partial charge is 0.434 e. The molecule has 0 amide bonds. The van der Waals surface area contributed by atoms with Crippen molar-refractivity contribution in [1.29, 1.82) is 0 Å². The Bertz CT molecular complexity index is 184. The Hall–Kier alpha value is -0.613. The number of carbonyl (C=O) groups is 1. The third-order valence-electron chi connectivity index (χ3n) is 1.20. The van der Waals surface area contributed by atoms with E-state index in [4.69, 9.17) is 9.16 Å². The van der Waals surface area contributed by atoms with Gasteiger partial charge >= 0.3 is 5.97 Å². The van der Waals surface area contributed by atoms with Crippen LogP contribution in [0.15, 0.2) is 12.7 Å². The van der Waals surface area contributed by atoms with E-state index in [1.807, 2.05) is 0 Å². The van der Waals surface area contributed by atoms with Gasteiger partial charge in [0.15, 0.2) is 16.1 Å². The summed E-state index contributed by atoms with van der Waals surface area (Å²) in [5.74, 6) is -0.435. The predicted molar refractivity (Wildman–Crippen MR) is 55.1 cm³/mol. The summed E-state index contributed by atoms with van der Waals surface area (Å²) < 4.78 is 10.3. The molecule has 0 saturated heterocycles. The summed E-state index contributed by atoms with van der Waals surface area (Å²) >= 11 is 0. The van der Waals surface area contributed by atoms with Crippen molar-refractivity contribution in [2.75, 3.05) is 0 Å². The molecule has 76 valence electrons. The van der Waals surface area contributed by atoms with Crippen LogP contribution in [0.4, 0.5) is 0 Å². The monoisotopic (exact) mass is 202 g/mol. The number of ether oxygens (including phenoxy) is 1. The maximum atomic E-state index is 10.7. The van der Waals surface area contributed by atoms with Gasteiger partial charge in [0.1, 0.15) is 0 Å². The molecule has 4 heteroatoms. The van der Waals surface area contributed by atoms with Crippen LogP contribution in [-0.4, -0.2) is 22.0 Å². The molecular formula is C9H18O3Si. The first kappa shape index (κ1) is 12.4. The van der Waals surface area contributed by atoms with E-state index in [9.17, 15) is 4.79 Å². The molecule has 0 bridgehead atoms. The summed E-state index contributed by atoms with van der Waals surface area (Å²) in [5, 5.41) is 0.217. The van der Waals surface area contributed by atoms with Crippen molar-refractivity contribution < 1.29 is 14.0 Å². The van der Waals surface area contributed by atoms with Gasteiger partial charge in [-0.3, -0.25) is 0 Å². The molecule has 0 aliphatic carbocycles. The fourth-order valence-corrected chi connectivity index (χ4v) is 1.42. The zero-order chi connectivity index (χ0) is 10.5. The van der Waals surface area contributed by atoms with Crippen LogP contribution in [0.2, 0.25) is 5.04 Å². The van der Waals surface area contributed by atoms with Gasteiger partial charge < -0.3 is 9.16 Å². The van der Waals surface area contributed by atoms with Gasteiger partial charge in [-0.2, -0.15) is 0 Å². The Morgan fingerprint density at radius 2 is 2.08 bits per heavy atom. The minimum absolute atomic E-state index is 0.217. The Morgan fingerprint density at radius 3 is 2.46 bits per heavy atom. The van der Waals surface area contributed by atoms with Crippen molar-refractivity contribution in [3.05, 3.63) is 12.7 Å². The van der Waals surface area contributed by atoms with Crippen molar-refractivity contribution in [1.82, 2.24) is 0 Å². The maximum absolute atomic E-state index is 10.7. The lowest BCUT2D eigenvalue weighted by molar-refractivity contribution is -0.155. The molecule has 0 saturated carbocycles. The Kier molecular flexibility index (Phi) is 4.94. The highest BCUT2D eigenvalue weighted by Crippen LogP contribution is 2.20. The molecule has 0 aliphatic heterocycles. The molecule has 0 rings (SSSR count). The standard InChI is InChI=1S/C9H18O3Si/c1-6-8(10)11-7(2)12-13-9(3,4)5/h6-7H,1,13H2,2-5H3. The van der Waals surface area contributed by atoms with Crippen LogP contribution in [0.1, 0.15) is 27.7 Å². The molecule has 0 spiro atoms. The molecule has 3 nitrogen and oxygen atoms in total. The third-order valence-corrected chi connectivity index (χ3v) is 2.70. The van der Waals surface area contributed by atoms with Gasteiger partial charge in [0.2, 0.25) is 0 Å². The second-order valence-corrected chi connectivity index (χ2v) is 6.82. The SMILES string of the molecule is C=CC(=O)OC(C)O[SiH2]C(C)(C)C. The Morgan fingerprint density at radius 1 is 1.54 bits per heavy atom. The van der Waals surface area contributed by atoms with Crippen LogP contribution >= 0.6 is 0 Å². The summed E-state index contributed by atoms with van der Waals surface area (Å²) in [6, 6.07) is 0. The molecule has 0 N–H and O–H groups in total. The zero-order valence-corrected chi connectivity index (χ0v) is 10.2. The highest BCUT2D eigenvalue weighted by Gasteiger charge is 2.15. The second kappa shape index (κ2) is 5.19. The van der Waals surface area contributed by atoms with Crippen LogP contribution in [-0.2, 0) is 14.0 Å². The van der Waals surface area contributed by atoms with E-state index < -0.39 is 22.0 Å². The first-order valence-corrected chi connectivity index (χ1v) is 5.58. The first-order chi connectivity index (χ1) is 5.85. The van der Waals surface area contributed by atoms with Crippen LogP contribution in [0.25, 0.3) is 0 Å². The molecule has 1 atom stereocenters. The topological polar surface area (TPSA) is 35.5 Å². The average Bonchev–Trinajstić information content (AvgIpc) is 1.99. The van der Waals surface area contributed by atoms with E-state index in [0.29, 0.717) is 0 Å². The molecule has 0 aromatic rings. The van der Waals surface area contributed by atoms with Crippen molar-refractivity contribution in [3.63, 3.8) is 0 Å². The summed E-state index contributed by atoms with van der Waals surface area (Å²) in [5.41, 5.74) is 0. The molecule has 0 aliphatic rings. The number of rotatable bonds is 4. The number of hydrogen-bond donors (Lipinski definition) is 0. The summed E-state index contributed by atoms with van der Waals surface area (Å²) in [7, 11) is -0.660. The number of hydrogen-bond acceptors (Lipinski definition) is 3. The van der Waals surface area contributed by atoms with Crippen LogP contribution in [0, 0.1) is 0 Å². The van der Waals surface area contributed by atoms with Crippen LogP contribution in [0.5, 0.6) is 0 Å². The summed E-state index contributed by atoms with van der Waals surface area (Å²) in [6.07, 6.45) is 0.690. The summed E-state index contributed by atoms with van der Waals surface area (Å²) in [6.45, 7) is 11.4. The lowest BCUT2D eigenvalue weighted by Gasteiger charge is -2.20. The Labute approximate surface area is 82.1 Å². The van der Waals surface area contributed by atoms with Gasteiger partial charge in [-0.05, 0) is 12.0 Å². The molecule has 0 aromatic carbocycles. The average molecular weight is 202 g/mol. The third kappa shape index (κ3) is 7.74. The molecule has 13 heavy (non-hydrogen) atoms. The highest BCUT2D eigenvalue weighted by molar-refractivity contribution is 6.31.